The number of hydrogen-bond acceptors (Lipinski definition) is 6. The van der Waals surface area contributed by atoms with Crippen molar-refractivity contribution in [3.63, 3.8) is 0 Å². The fraction of sp³-hybridized carbons (Fsp3) is 0.227. The van der Waals surface area contributed by atoms with E-state index in [2.05, 4.69) is 29.0 Å². The lowest BCUT2D eigenvalue weighted by Gasteiger charge is -2.36. The van der Waals surface area contributed by atoms with Gasteiger partial charge in [0.2, 0.25) is 5.91 Å². The van der Waals surface area contributed by atoms with Gasteiger partial charge in [-0.25, -0.2) is 14.3 Å². The van der Waals surface area contributed by atoms with E-state index in [1.807, 2.05) is 5.32 Å². The molecule has 0 aliphatic heterocycles. The molecule has 1 aromatic heterocycles. The smallest absolute Gasteiger partial charge is 0.268 e. The van der Waals surface area contributed by atoms with Crippen LogP contribution < -0.4 is 21.8 Å². The van der Waals surface area contributed by atoms with Crippen molar-refractivity contribution < 1.29 is 28.4 Å². The minimum atomic E-state index is -3.24. The first-order valence-corrected chi connectivity index (χ1v) is 10.2. The van der Waals surface area contributed by atoms with Crippen LogP contribution in [0.5, 0.6) is 0 Å². The molecule has 0 aliphatic carbocycles. The van der Waals surface area contributed by atoms with E-state index in [4.69, 9.17) is 10.9 Å². The zero-order valence-corrected chi connectivity index (χ0v) is 18.3. The van der Waals surface area contributed by atoms with Crippen LogP contribution in [-0.4, -0.2) is 40.9 Å². The first-order valence-electron chi connectivity index (χ1n) is 9.36. The number of anilines is 1. The summed E-state index contributed by atoms with van der Waals surface area (Å²) in [5, 5.41) is 13.7. The molecule has 1 unspecified atom stereocenters. The molecule has 0 saturated carbocycles. The second-order valence-electron chi connectivity index (χ2n) is 6.93. The first kappa shape index (κ1) is 25.3. The second kappa shape index (κ2) is 11.1. The van der Waals surface area contributed by atoms with Crippen LogP contribution in [0.25, 0.3) is 0 Å². The number of halogens is 2. The highest BCUT2D eigenvalue weighted by molar-refractivity contribution is 7.16. The summed E-state index contributed by atoms with van der Waals surface area (Å²) in [6.45, 7) is 1.86. The average Bonchev–Trinajstić information content (AvgIpc) is 3.19. The monoisotopic (exact) mass is 474 g/mol. The number of nitrogens with one attached hydrogen (secondary N) is 3. The van der Waals surface area contributed by atoms with Gasteiger partial charge in [-0.1, -0.05) is 5.92 Å². The molecular weight excluding hydrogens is 454 g/mol. The van der Waals surface area contributed by atoms with Gasteiger partial charge in [-0.15, -0.1) is 11.3 Å². The summed E-state index contributed by atoms with van der Waals surface area (Å²) in [5.74, 6) is 7.92. The molecule has 8 nitrogen and oxygen atoms in total. The fourth-order valence-corrected chi connectivity index (χ4v) is 3.35. The van der Waals surface area contributed by atoms with E-state index < -0.39 is 35.7 Å². The van der Waals surface area contributed by atoms with Crippen molar-refractivity contribution in [1.82, 2.24) is 16.1 Å². The van der Waals surface area contributed by atoms with Crippen LogP contribution in [0.4, 0.5) is 13.8 Å². The summed E-state index contributed by atoms with van der Waals surface area (Å²) in [6, 6.07) is 7.30. The predicted molar refractivity (Wildman–Crippen MR) is 118 cm³/mol. The molecule has 1 heterocycles. The fourth-order valence-electron chi connectivity index (χ4n) is 2.72. The molecule has 2 aromatic rings. The van der Waals surface area contributed by atoms with Gasteiger partial charge in [0.1, 0.15) is 11.6 Å². The van der Waals surface area contributed by atoms with E-state index in [0.29, 0.717) is 10.6 Å². The largest absolute Gasteiger partial charge is 0.391 e. The van der Waals surface area contributed by atoms with Gasteiger partial charge in [0, 0.05) is 18.1 Å². The van der Waals surface area contributed by atoms with Crippen LogP contribution in [0, 0.1) is 23.7 Å². The Kier molecular flexibility index (Phi) is 8.51. The summed E-state index contributed by atoms with van der Waals surface area (Å²) < 4.78 is 27.4. The van der Waals surface area contributed by atoms with Crippen LogP contribution in [0.15, 0.2) is 36.4 Å². The molecule has 1 aromatic carbocycles. The van der Waals surface area contributed by atoms with Gasteiger partial charge < -0.3 is 16.4 Å². The van der Waals surface area contributed by atoms with Crippen molar-refractivity contribution in [3.8, 4) is 23.7 Å². The third-order valence-corrected chi connectivity index (χ3v) is 5.20. The molecule has 2 atom stereocenters. The number of carbonyl (C=O) groups excluding carboxylic acids is 3. The number of benzene rings is 1. The van der Waals surface area contributed by atoms with E-state index >= 15 is 0 Å². The molecule has 33 heavy (non-hydrogen) atoms. The standard InChI is InChI=1S/C22H20F2N4O4S/c1-13(29)27-22(2,21(23)24)18(20(31)28-32)26-19(30)15-9-7-14(8-10-15)5-3-4-6-16-11-12-17(25)33-16/h7-12,18,21,32H,25H2,1-2H3,(H,26,30)(H,27,29)(H,28,31)/t18-,22?/m1/s1. The van der Waals surface area contributed by atoms with E-state index in [1.54, 1.807) is 12.1 Å². The molecule has 0 aliphatic rings. The predicted octanol–water partition coefficient (Wildman–Crippen LogP) is 1.50. The highest BCUT2D eigenvalue weighted by Crippen LogP contribution is 2.21. The van der Waals surface area contributed by atoms with E-state index in [0.717, 1.165) is 18.7 Å². The Morgan fingerprint density at radius 1 is 1.09 bits per heavy atom. The third kappa shape index (κ3) is 6.77. The zero-order valence-electron chi connectivity index (χ0n) is 17.5. The first-order chi connectivity index (χ1) is 15.6. The number of alkyl halides is 2. The minimum absolute atomic E-state index is 0.0378. The average molecular weight is 474 g/mol. The third-order valence-electron chi connectivity index (χ3n) is 4.38. The Morgan fingerprint density at radius 2 is 1.73 bits per heavy atom. The van der Waals surface area contributed by atoms with Crippen molar-refractivity contribution in [2.75, 3.05) is 5.73 Å². The van der Waals surface area contributed by atoms with E-state index in [1.165, 1.54) is 41.1 Å². The van der Waals surface area contributed by atoms with Crippen molar-refractivity contribution in [2.24, 2.45) is 0 Å². The van der Waals surface area contributed by atoms with Crippen molar-refractivity contribution in [2.45, 2.75) is 31.9 Å². The number of rotatable bonds is 6. The quantitative estimate of drug-likeness (QED) is 0.246. The highest BCUT2D eigenvalue weighted by atomic mass is 32.1. The maximum absolute atomic E-state index is 13.7. The molecule has 172 valence electrons. The van der Waals surface area contributed by atoms with E-state index in [-0.39, 0.29) is 5.56 Å². The van der Waals surface area contributed by atoms with Crippen molar-refractivity contribution >= 4 is 34.1 Å². The second-order valence-corrected chi connectivity index (χ2v) is 8.04. The number of amides is 3. The maximum Gasteiger partial charge on any atom is 0.268 e. The molecule has 0 saturated heterocycles. The molecule has 0 spiro atoms. The Labute approximate surface area is 192 Å². The molecular formula is C22H20F2N4O4S. The van der Waals surface area contributed by atoms with Crippen LogP contribution in [0.1, 0.15) is 34.6 Å². The number of hydroxylamine groups is 1. The summed E-state index contributed by atoms with van der Waals surface area (Å²) in [7, 11) is 0. The van der Waals surface area contributed by atoms with E-state index in [9.17, 15) is 23.2 Å². The van der Waals surface area contributed by atoms with Crippen LogP contribution in [0.3, 0.4) is 0 Å². The zero-order chi connectivity index (χ0) is 24.6. The van der Waals surface area contributed by atoms with Gasteiger partial charge in [-0.05, 0) is 61.1 Å². The summed E-state index contributed by atoms with van der Waals surface area (Å²) in [6.07, 6.45) is -3.24. The van der Waals surface area contributed by atoms with Crippen molar-refractivity contribution in [1.29, 1.82) is 0 Å². The van der Waals surface area contributed by atoms with Gasteiger partial charge in [0.05, 0.1) is 9.88 Å². The molecule has 11 heteroatoms. The Hall–Kier alpha value is -3.93. The molecule has 0 bridgehead atoms. The van der Waals surface area contributed by atoms with Gasteiger partial charge in [-0.3, -0.25) is 19.6 Å². The highest BCUT2D eigenvalue weighted by Gasteiger charge is 2.48. The number of nitrogens with two attached hydrogens (primary N) is 1. The van der Waals surface area contributed by atoms with Crippen LogP contribution >= 0.6 is 11.3 Å². The normalized spacial score (nSPS) is 12.8. The Bertz CT molecular complexity index is 1160. The summed E-state index contributed by atoms with van der Waals surface area (Å²) in [4.78, 5) is 36.7. The minimum Gasteiger partial charge on any atom is -0.391 e. The summed E-state index contributed by atoms with van der Waals surface area (Å²) in [5.41, 5.74) is 4.94. The van der Waals surface area contributed by atoms with Crippen LogP contribution in [0.2, 0.25) is 0 Å². The number of thiophene rings is 1. The molecule has 6 N–H and O–H groups in total. The lowest BCUT2D eigenvalue weighted by molar-refractivity contribution is -0.137. The van der Waals surface area contributed by atoms with Gasteiger partial charge in [0.15, 0.2) is 0 Å². The molecule has 0 fully saturated rings. The SMILES string of the molecule is CC(=O)NC(C)(C(F)F)[C@H](NC(=O)c1ccc(C#CC#Cc2ccc(N)s2)cc1)C(=O)NO. The van der Waals surface area contributed by atoms with Crippen molar-refractivity contribution in [3.05, 3.63) is 52.4 Å². The Balaban J connectivity index is 2.17. The molecule has 3 amide bonds. The Morgan fingerprint density at radius 3 is 2.24 bits per heavy atom. The summed E-state index contributed by atoms with van der Waals surface area (Å²) >= 11 is 1.33. The lowest BCUT2D eigenvalue weighted by Crippen LogP contribution is -2.68. The van der Waals surface area contributed by atoms with Gasteiger partial charge in [0.25, 0.3) is 18.2 Å². The molecule has 2 rings (SSSR count). The van der Waals surface area contributed by atoms with Gasteiger partial charge >= 0.3 is 0 Å². The number of carbonyl (C=O) groups is 3. The topological polar surface area (TPSA) is 134 Å². The lowest BCUT2D eigenvalue weighted by atomic mass is 9.91. The maximum atomic E-state index is 13.7. The van der Waals surface area contributed by atoms with Gasteiger partial charge in [-0.2, -0.15) is 0 Å². The number of hydrogen-bond donors (Lipinski definition) is 5. The molecule has 0 radical (unpaired) electrons. The van der Waals surface area contributed by atoms with Crippen LogP contribution in [-0.2, 0) is 9.59 Å². The number of nitrogen functional groups attached to an aromatic ring is 1.